The summed E-state index contributed by atoms with van der Waals surface area (Å²) in [5.41, 5.74) is 0. The molecule has 0 aliphatic heterocycles. The van der Waals surface area contributed by atoms with E-state index in [1.807, 2.05) is 42.3 Å². The van der Waals surface area contributed by atoms with Crippen LogP contribution in [0, 0.1) is 11.8 Å². The van der Waals surface area contributed by atoms with Gasteiger partial charge >= 0.3 is 0 Å². The number of unbranched alkanes of at least 4 members (excludes halogenated alkanes) is 47. The minimum absolute atomic E-state index is 0.0787. The molecule has 0 radical (unpaired) electrons. The quantitative estimate of drug-likeness (QED) is 0.0323. The van der Waals surface area contributed by atoms with Crippen molar-refractivity contribution in [3.63, 3.8) is 0 Å². The van der Waals surface area contributed by atoms with Crippen molar-refractivity contribution >= 4 is 15.6 Å². The molecule has 0 saturated heterocycles. The van der Waals surface area contributed by atoms with E-state index in [1.54, 1.807) is 0 Å². The molecule has 0 aliphatic rings. The molecule has 0 spiro atoms. The van der Waals surface area contributed by atoms with Crippen LogP contribution in [0.2, 0.25) is 0 Å². The van der Waals surface area contributed by atoms with Crippen LogP contribution in [0.5, 0.6) is 0 Å². The van der Waals surface area contributed by atoms with E-state index >= 15 is 0 Å². The Morgan fingerprint density at radius 3 is 0.694 bits per heavy atom. The largest absolute Gasteiger partial charge is 0.756 e. The van der Waals surface area contributed by atoms with Gasteiger partial charge in [-0.25, -0.2) is 0 Å². The van der Waals surface area contributed by atoms with Crippen LogP contribution in [-0.2, 0) is 46.2 Å². The van der Waals surface area contributed by atoms with Gasteiger partial charge in [0.1, 0.15) is 38.5 Å². The molecule has 0 aromatic heterocycles. The van der Waals surface area contributed by atoms with E-state index in [1.165, 1.54) is 308 Å². The van der Waals surface area contributed by atoms with E-state index in [9.17, 15) is 18.9 Å². The molecule has 0 amide bonds. The summed E-state index contributed by atoms with van der Waals surface area (Å²) < 4.78 is 71.5. The minimum Gasteiger partial charge on any atom is -0.756 e. The third kappa shape index (κ3) is 78.6. The molecular formula is C82H170N2O12P2. The molecule has 0 rings (SSSR count). The topological polar surface area (TPSA) is 154 Å². The summed E-state index contributed by atoms with van der Waals surface area (Å²) in [6.07, 6.45) is 72.8. The summed E-state index contributed by atoms with van der Waals surface area (Å²) in [6.45, 7) is 13.7. The lowest BCUT2D eigenvalue weighted by Crippen LogP contribution is -2.37. The van der Waals surface area contributed by atoms with E-state index in [0.717, 1.165) is 63.2 Å². The highest BCUT2D eigenvalue weighted by molar-refractivity contribution is 7.46. The van der Waals surface area contributed by atoms with E-state index in [-0.39, 0.29) is 26.4 Å². The van der Waals surface area contributed by atoms with Crippen molar-refractivity contribution in [1.29, 1.82) is 0 Å². The Kier molecular flexibility index (Phi) is 71.2. The van der Waals surface area contributed by atoms with Crippen LogP contribution in [-0.4, -0.2) is 143 Å². The number of hydrogen-bond donors (Lipinski definition) is 0. The van der Waals surface area contributed by atoms with Crippen molar-refractivity contribution < 1.29 is 64.9 Å². The molecular weight excluding hydrogens is 1270 g/mol. The molecule has 98 heavy (non-hydrogen) atoms. The third-order valence-corrected chi connectivity index (χ3v) is 21.7. The Morgan fingerprint density at radius 1 is 0.265 bits per heavy atom. The highest BCUT2D eigenvalue weighted by Crippen LogP contribution is 2.39. The maximum absolute atomic E-state index is 12.5. The second-order valence-corrected chi connectivity index (χ2v) is 35.2. The van der Waals surface area contributed by atoms with E-state index in [4.69, 9.17) is 37.0 Å². The number of rotatable bonds is 83. The zero-order valence-corrected chi connectivity index (χ0v) is 68.9. The van der Waals surface area contributed by atoms with Crippen LogP contribution in [0.15, 0.2) is 0 Å². The van der Waals surface area contributed by atoms with E-state index in [2.05, 4.69) is 27.7 Å². The highest BCUT2D eigenvalue weighted by atomic mass is 31.2. The van der Waals surface area contributed by atoms with Gasteiger partial charge in [-0.1, -0.05) is 362 Å². The van der Waals surface area contributed by atoms with Crippen LogP contribution in [0.25, 0.3) is 0 Å². The standard InChI is InChI=1S/C82H170N2O12P2/c1-11-13-15-55-63-79(3)65-57-49-43-41-47-53-61-71-91-81(77-95-97(85,86)93-73-67-83(5,6)7)75-89-69-59-51-45-39-37-35-33-31-29-27-25-23-21-19-17-18-20-22-24-26-28-30-32-34-36-38-40-46-52-60-70-90-76-82(78-96-98(87,88)94-74-68-84(8,9)10)92-72-62-54-48-42-44-50-58-66-80(4)64-56-16-14-12-2/h79-82H,11-78H2,1-10H3/t79-,80-,81+,82+/m1/s1. The Morgan fingerprint density at radius 2 is 0.469 bits per heavy atom. The van der Waals surface area contributed by atoms with Gasteiger partial charge in [-0.05, 0) is 37.5 Å². The van der Waals surface area contributed by atoms with Gasteiger partial charge in [0.2, 0.25) is 0 Å². The summed E-state index contributed by atoms with van der Waals surface area (Å²) in [7, 11) is 3.18. The Bertz CT molecular complexity index is 1590. The smallest absolute Gasteiger partial charge is 0.268 e. The van der Waals surface area contributed by atoms with Gasteiger partial charge in [0.15, 0.2) is 0 Å². The van der Waals surface area contributed by atoms with Crippen LogP contribution < -0.4 is 9.79 Å². The lowest BCUT2D eigenvalue weighted by atomic mass is 9.96. The van der Waals surface area contributed by atoms with Crippen LogP contribution in [0.1, 0.15) is 387 Å². The molecule has 16 heteroatoms. The Balaban J connectivity index is 3.89. The Labute approximate surface area is 610 Å². The third-order valence-electron chi connectivity index (χ3n) is 19.8. The van der Waals surface area contributed by atoms with Crippen molar-refractivity contribution in [1.82, 2.24) is 0 Å². The van der Waals surface area contributed by atoms with Crippen LogP contribution in [0.4, 0.5) is 0 Å². The second kappa shape index (κ2) is 71.2. The van der Waals surface area contributed by atoms with Gasteiger partial charge in [0, 0.05) is 26.4 Å². The zero-order valence-electron chi connectivity index (χ0n) is 67.1. The van der Waals surface area contributed by atoms with Gasteiger partial charge in [-0.15, -0.1) is 0 Å². The fourth-order valence-corrected chi connectivity index (χ4v) is 14.4. The maximum Gasteiger partial charge on any atom is 0.268 e. The zero-order chi connectivity index (χ0) is 72.0. The van der Waals surface area contributed by atoms with Crippen molar-refractivity contribution in [2.45, 2.75) is 399 Å². The molecule has 0 aliphatic carbocycles. The average Bonchev–Trinajstić information content (AvgIpc) is 1.32. The predicted octanol–water partition coefficient (Wildman–Crippen LogP) is 23.4. The monoisotopic (exact) mass is 1440 g/mol. The van der Waals surface area contributed by atoms with Crippen LogP contribution in [0.3, 0.4) is 0 Å². The lowest BCUT2D eigenvalue weighted by Gasteiger charge is -2.28. The van der Waals surface area contributed by atoms with Crippen molar-refractivity contribution in [3.8, 4) is 0 Å². The number of ether oxygens (including phenoxy) is 4. The molecule has 0 aromatic carbocycles. The number of nitrogens with zero attached hydrogens (tertiary/aromatic N) is 2. The lowest BCUT2D eigenvalue weighted by molar-refractivity contribution is -0.870. The molecule has 2 unspecified atom stereocenters. The first kappa shape index (κ1) is 98.0. The van der Waals surface area contributed by atoms with Crippen molar-refractivity contribution in [3.05, 3.63) is 0 Å². The predicted molar refractivity (Wildman–Crippen MR) is 414 cm³/mol. The Hall–Kier alpha value is -0.0200. The normalized spacial score (nSPS) is 14.9. The fourth-order valence-electron chi connectivity index (χ4n) is 12.9. The first-order valence-corrected chi connectivity index (χ1v) is 45.4. The average molecular weight is 1440 g/mol. The summed E-state index contributed by atoms with van der Waals surface area (Å²) in [5, 5.41) is 0. The first-order valence-electron chi connectivity index (χ1n) is 42.5. The molecule has 6 atom stereocenters. The highest BCUT2D eigenvalue weighted by Gasteiger charge is 2.20. The molecule has 14 nitrogen and oxygen atoms in total. The number of quaternary nitrogens is 2. The van der Waals surface area contributed by atoms with Crippen molar-refractivity contribution in [2.24, 2.45) is 11.8 Å². The summed E-state index contributed by atoms with van der Waals surface area (Å²) in [4.78, 5) is 25.0. The summed E-state index contributed by atoms with van der Waals surface area (Å²) >= 11 is 0. The molecule has 0 fully saturated rings. The van der Waals surface area contributed by atoms with Crippen LogP contribution >= 0.6 is 15.6 Å². The number of likely N-dealkylation sites (N-methyl/N-ethyl adjacent to an activating group) is 2. The number of hydrogen-bond acceptors (Lipinski definition) is 12. The summed E-state index contributed by atoms with van der Waals surface area (Å²) in [6, 6.07) is 0. The molecule has 0 aromatic rings. The van der Waals surface area contributed by atoms with Gasteiger partial charge in [0.05, 0.1) is 68.7 Å². The fraction of sp³-hybridized carbons (Fsp3) is 1.00. The minimum atomic E-state index is -4.42. The van der Waals surface area contributed by atoms with Gasteiger partial charge in [-0.2, -0.15) is 0 Å². The van der Waals surface area contributed by atoms with E-state index in [0.29, 0.717) is 61.7 Å². The maximum atomic E-state index is 12.5. The SMILES string of the molecule is CCCCCC[C@@H](C)CCCCCCCCCO[C@@H](COCCCCCCCCCCCCCCCCCCCCCCCCCCCCCCCCOC[C@@H](COP(=O)([O-])OCC[N+](C)(C)C)OCCCCCCCCC[C@H](C)CCCCCC)COP(=O)([O-])OCC[N+](C)(C)C. The molecule has 590 valence electrons. The molecule has 0 saturated carbocycles. The molecule has 0 heterocycles. The summed E-state index contributed by atoms with van der Waals surface area (Å²) in [5.74, 6) is 1.73. The van der Waals surface area contributed by atoms with E-state index < -0.39 is 27.9 Å². The molecule has 0 N–H and O–H groups in total. The van der Waals surface area contributed by atoms with Gasteiger partial charge in [0.25, 0.3) is 15.6 Å². The van der Waals surface area contributed by atoms with Gasteiger partial charge in [-0.3, -0.25) is 9.13 Å². The first-order chi connectivity index (χ1) is 47.3. The second-order valence-electron chi connectivity index (χ2n) is 32.4. The van der Waals surface area contributed by atoms with Gasteiger partial charge < -0.3 is 55.8 Å². The van der Waals surface area contributed by atoms with Crippen molar-refractivity contribution in [2.75, 3.05) is 121 Å². The number of phosphoric acid groups is 2. The molecule has 0 bridgehead atoms. The number of phosphoric ester groups is 2.